The number of aromatic nitrogens is 5. The Bertz CT molecular complexity index is 1060. The first-order chi connectivity index (χ1) is 12.6. The molecule has 0 saturated carbocycles. The van der Waals surface area contributed by atoms with Crippen molar-refractivity contribution in [3.05, 3.63) is 48.3 Å². The zero-order valence-corrected chi connectivity index (χ0v) is 14.9. The fourth-order valence-corrected chi connectivity index (χ4v) is 4.40. The number of benzene rings is 1. The number of hydrogen-bond acceptors (Lipinski definition) is 9. The van der Waals surface area contributed by atoms with E-state index in [-0.39, 0.29) is 17.7 Å². The minimum atomic E-state index is -0.262. The summed E-state index contributed by atoms with van der Waals surface area (Å²) in [5.41, 5.74) is 13.0. The molecule has 0 fully saturated rings. The number of nitrogens with two attached hydrogens (primary N) is 2. The molecular weight excluding hydrogens is 373 g/mol. The Hall–Kier alpha value is -2.85. The van der Waals surface area contributed by atoms with Gasteiger partial charge in [0.25, 0.3) is 0 Å². The number of fused-ring (bicyclic) bond motifs is 1. The number of rotatable bonds is 4. The number of hydrogen-bond donors (Lipinski definition) is 2. The molecule has 1 aromatic carbocycles. The third-order valence-corrected chi connectivity index (χ3v) is 5.76. The van der Waals surface area contributed by atoms with Gasteiger partial charge in [-0.2, -0.15) is 15.0 Å². The molecule has 130 valence electrons. The van der Waals surface area contributed by atoms with Crippen LogP contribution in [0.4, 0.5) is 16.3 Å². The molecule has 0 spiro atoms. The second-order valence-electron chi connectivity index (χ2n) is 5.27. The van der Waals surface area contributed by atoms with Crippen molar-refractivity contribution in [1.29, 1.82) is 0 Å². The highest BCUT2D eigenvalue weighted by molar-refractivity contribution is 7.98. The van der Waals surface area contributed by atoms with Gasteiger partial charge in [0.05, 0.1) is 16.0 Å². The van der Waals surface area contributed by atoms with Crippen LogP contribution in [0.3, 0.4) is 0 Å². The number of thioether (sulfide) groups is 1. The van der Waals surface area contributed by atoms with Gasteiger partial charge < -0.3 is 11.5 Å². The molecule has 0 radical (unpaired) electrons. The smallest absolute Gasteiger partial charge is 0.225 e. The Balaban J connectivity index is 1.64. The van der Waals surface area contributed by atoms with E-state index in [0.717, 1.165) is 25.7 Å². The number of thiophene rings is 1. The molecule has 4 rings (SSSR count). The molecule has 0 amide bonds. The summed E-state index contributed by atoms with van der Waals surface area (Å²) in [5.74, 6) is 0.863. The fourth-order valence-electron chi connectivity index (χ4n) is 2.35. The average Bonchev–Trinajstić information content (AvgIpc) is 3.04. The number of nitrogen functional groups attached to an aromatic ring is 2. The molecule has 10 heteroatoms. The van der Waals surface area contributed by atoms with Crippen molar-refractivity contribution in [2.45, 2.75) is 10.8 Å². The lowest BCUT2D eigenvalue weighted by atomic mass is 10.2. The van der Waals surface area contributed by atoms with E-state index >= 15 is 0 Å². The van der Waals surface area contributed by atoms with Gasteiger partial charge in [0.15, 0.2) is 0 Å². The summed E-state index contributed by atoms with van der Waals surface area (Å²) in [6.07, 6.45) is 1.52. The third-order valence-electron chi connectivity index (χ3n) is 3.46. The van der Waals surface area contributed by atoms with E-state index in [1.54, 1.807) is 23.5 Å². The highest BCUT2D eigenvalue weighted by Crippen LogP contribution is 2.37. The first-order valence-corrected chi connectivity index (χ1v) is 9.28. The lowest BCUT2D eigenvalue weighted by Crippen LogP contribution is -2.06. The van der Waals surface area contributed by atoms with Gasteiger partial charge in [-0.25, -0.2) is 14.4 Å². The number of anilines is 2. The van der Waals surface area contributed by atoms with Gasteiger partial charge in [-0.3, -0.25) is 0 Å². The van der Waals surface area contributed by atoms with E-state index in [1.807, 2.05) is 6.07 Å². The Morgan fingerprint density at radius 3 is 2.46 bits per heavy atom. The molecule has 0 atom stereocenters. The van der Waals surface area contributed by atoms with Gasteiger partial charge in [-0.05, 0) is 23.8 Å². The summed E-state index contributed by atoms with van der Waals surface area (Å²) < 4.78 is 14.1. The normalized spacial score (nSPS) is 11.1. The van der Waals surface area contributed by atoms with Crippen LogP contribution in [0.2, 0.25) is 0 Å². The average molecular weight is 385 g/mol. The maximum absolute atomic E-state index is 13.1. The van der Waals surface area contributed by atoms with Crippen LogP contribution in [-0.2, 0) is 5.75 Å². The minimum absolute atomic E-state index is 0.0932. The molecule has 0 aliphatic heterocycles. The highest BCUT2D eigenvalue weighted by Gasteiger charge is 2.12. The molecule has 0 aliphatic carbocycles. The molecule has 0 saturated heterocycles. The second-order valence-corrected chi connectivity index (χ2v) is 7.28. The van der Waals surface area contributed by atoms with E-state index in [2.05, 4.69) is 24.9 Å². The predicted molar refractivity (Wildman–Crippen MR) is 101 cm³/mol. The quantitative estimate of drug-likeness (QED) is 0.406. The van der Waals surface area contributed by atoms with E-state index in [1.165, 1.54) is 30.2 Å². The molecule has 3 aromatic heterocycles. The summed E-state index contributed by atoms with van der Waals surface area (Å²) in [7, 11) is 0. The minimum Gasteiger partial charge on any atom is -0.368 e. The Kier molecular flexibility index (Phi) is 4.35. The summed E-state index contributed by atoms with van der Waals surface area (Å²) in [4.78, 5) is 21.6. The zero-order chi connectivity index (χ0) is 18.1. The largest absolute Gasteiger partial charge is 0.368 e. The molecule has 0 aliphatic rings. The van der Waals surface area contributed by atoms with Crippen molar-refractivity contribution in [3.63, 3.8) is 0 Å². The van der Waals surface area contributed by atoms with Crippen molar-refractivity contribution < 1.29 is 4.39 Å². The standard InChI is InChI=1S/C16H12FN7S2/c17-9-3-1-8(2-4-9)11-5-10-13(26-11)14(21-7-20-10)25-6-12-22-15(18)24-16(19)23-12/h1-5,7H,6H2,(H4,18,19,22,23,24). The third kappa shape index (κ3) is 3.41. The van der Waals surface area contributed by atoms with Crippen molar-refractivity contribution in [2.24, 2.45) is 0 Å². The highest BCUT2D eigenvalue weighted by atomic mass is 32.2. The molecule has 0 unspecified atom stereocenters. The zero-order valence-electron chi connectivity index (χ0n) is 13.3. The molecule has 4 N–H and O–H groups in total. The predicted octanol–water partition coefficient (Wildman–Crippen LogP) is 3.14. The van der Waals surface area contributed by atoms with Gasteiger partial charge in [-0.15, -0.1) is 11.3 Å². The first-order valence-electron chi connectivity index (χ1n) is 7.47. The van der Waals surface area contributed by atoms with Crippen LogP contribution in [0.25, 0.3) is 20.7 Å². The molecular formula is C16H12FN7S2. The maximum Gasteiger partial charge on any atom is 0.225 e. The molecule has 26 heavy (non-hydrogen) atoms. The van der Waals surface area contributed by atoms with Gasteiger partial charge in [0.2, 0.25) is 11.9 Å². The maximum atomic E-state index is 13.1. The van der Waals surface area contributed by atoms with Crippen LogP contribution < -0.4 is 11.5 Å². The van der Waals surface area contributed by atoms with Crippen molar-refractivity contribution in [3.8, 4) is 10.4 Å². The Morgan fingerprint density at radius 1 is 1.00 bits per heavy atom. The van der Waals surface area contributed by atoms with Crippen LogP contribution in [0.15, 0.2) is 41.7 Å². The van der Waals surface area contributed by atoms with Crippen LogP contribution >= 0.6 is 23.1 Å². The summed E-state index contributed by atoms with van der Waals surface area (Å²) in [6, 6.07) is 8.35. The number of halogens is 1. The van der Waals surface area contributed by atoms with Crippen molar-refractivity contribution >= 4 is 45.2 Å². The van der Waals surface area contributed by atoms with Gasteiger partial charge in [0, 0.05) is 4.88 Å². The second kappa shape index (κ2) is 6.81. The molecule has 0 bridgehead atoms. The SMILES string of the molecule is Nc1nc(N)nc(CSc2ncnc3cc(-c4ccc(F)cc4)sc23)n1. The van der Waals surface area contributed by atoms with E-state index in [0.29, 0.717) is 11.6 Å². The van der Waals surface area contributed by atoms with Crippen molar-refractivity contribution in [2.75, 3.05) is 11.5 Å². The van der Waals surface area contributed by atoms with Gasteiger partial charge >= 0.3 is 0 Å². The lowest BCUT2D eigenvalue weighted by Gasteiger charge is -2.02. The monoisotopic (exact) mass is 385 g/mol. The van der Waals surface area contributed by atoms with Crippen LogP contribution in [0.1, 0.15) is 5.82 Å². The lowest BCUT2D eigenvalue weighted by molar-refractivity contribution is 0.628. The van der Waals surface area contributed by atoms with Gasteiger partial charge in [0.1, 0.15) is 23.0 Å². The Labute approximate surface area is 155 Å². The van der Waals surface area contributed by atoms with Crippen LogP contribution in [0, 0.1) is 5.82 Å². The summed E-state index contributed by atoms with van der Waals surface area (Å²) in [6.45, 7) is 0. The van der Waals surface area contributed by atoms with Crippen LogP contribution in [-0.4, -0.2) is 24.9 Å². The van der Waals surface area contributed by atoms with Crippen LogP contribution in [0.5, 0.6) is 0 Å². The topological polar surface area (TPSA) is 116 Å². The molecule has 7 nitrogen and oxygen atoms in total. The molecule has 4 aromatic rings. The van der Waals surface area contributed by atoms with E-state index < -0.39 is 0 Å². The number of nitrogens with zero attached hydrogens (tertiary/aromatic N) is 5. The summed E-state index contributed by atoms with van der Waals surface area (Å²) >= 11 is 3.02. The first kappa shape index (κ1) is 16.6. The van der Waals surface area contributed by atoms with Gasteiger partial charge in [-0.1, -0.05) is 23.9 Å². The van der Waals surface area contributed by atoms with Crippen molar-refractivity contribution in [1.82, 2.24) is 24.9 Å². The Morgan fingerprint density at radius 2 is 1.73 bits per heavy atom. The van der Waals surface area contributed by atoms with E-state index in [9.17, 15) is 4.39 Å². The summed E-state index contributed by atoms with van der Waals surface area (Å²) in [5, 5.41) is 0.811. The van der Waals surface area contributed by atoms with E-state index in [4.69, 9.17) is 11.5 Å². The molecule has 3 heterocycles. The fraction of sp³-hybridized carbons (Fsp3) is 0.0625.